The van der Waals surface area contributed by atoms with E-state index in [-0.39, 0.29) is 11.9 Å². The number of nitrogens with one attached hydrogen (secondary N) is 2. The minimum absolute atomic E-state index is 0.0581. The molecule has 1 saturated heterocycles. The molecule has 3 nitrogen and oxygen atoms in total. The van der Waals surface area contributed by atoms with E-state index >= 15 is 0 Å². The summed E-state index contributed by atoms with van der Waals surface area (Å²) in [5.41, 5.74) is 2.21. The number of carbonyl (C=O) groups excluding carboxylic acids is 1. The van der Waals surface area contributed by atoms with Gasteiger partial charge in [-0.1, -0.05) is 30.3 Å². The molecule has 0 spiro atoms. The third-order valence-electron chi connectivity index (χ3n) is 2.77. The lowest BCUT2D eigenvalue weighted by Crippen LogP contribution is -2.47. The number of hydrogen-bond acceptors (Lipinski definition) is 2. The standard InChI is InChI=1S/C13H16N2O/c1-2-5-10-6-3-4-7-11(10)12-13(16)15-9-8-14-12/h2-4,6-7,12,14H,1,5,8-9H2,(H,15,16). The molecule has 1 aliphatic rings. The van der Waals surface area contributed by atoms with Crippen molar-refractivity contribution in [3.8, 4) is 0 Å². The minimum atomic E-state index is -0.218. The summed E-state index contributed by atoms with van der Waals surface area (Å²) in [6, 6.07) is 7.78. The average Bonchev–Trinajstić information content (AvgIpc) is 2.31. The molecule has 0 saturated carbocycles. The average molecular weight is 216 g/mol. The van der Waals surface area contributed by atoms with Crippen molar-refractivity contribution in [1.82, 2.24) is 10.6 Å². The van der Waals surface area contributed by atoms with Crippen LogP contribution in [0.5, 0.6) is 0 Å². The maximum absolute atomic E-state index is 11.8. The molecule has 0 aliphatic carbocycles. The van der Waals surface area contributed by atoms with Crippen molar-refractivity contribution in [3.05, 3.63) is 48.0 Å². The molecule has 2 N–H and O–H groups in total. The Labute approximate surface area is 95.6 Å². The van der Waals surface area contributed by atoms with Crippen molar-refractivity contribution < 1.29 is 4.79 Å². The van der Waals surface area contributed by atoms with Gasteiger partial charge in [0.1, 0.15) is 6.04 Å². The summed E-state index contributed by atoms with van der Waals surface area (Å²) in [5, 5.41) is 6.11. The third kappa shape index (κ3) is 2.14. The molecular weight excluding hydrogens is 200 g/mol. The lowest BCUT2D eigenvalue weighted by atomic mass is 9.96. The number of carbonyl (C=O) groups is 1. The molecule has 1 amide bonds. The molecule has 0 aromatic heterocycles. The Morgan fingerprint density at radius 3 is 2.94 bits per heavy atom. The fraction of sp³-hybridized carbons (Fsp3) is 0.308. The van der Waals surface area contributed by atoms with E-state index in [0.29, 0.717) is 6.54 Å². The van der Waals surface area contributed by atoms with E-state index in [1.54, 1.807) is 0 Å². The quantitative estimate of drug-likeness (QED) is 0.745. The smallest absolute Gasteiger partial charge is 0.241 e. The summed E-state index contributed by atoms with van der Waals surface area (Å²) in [4.78, 5) is 11.8. The van der Waals surface area contributed by atoms with Crippen LogP contribution in [0.2, 0.25) is 0 Å². The number of allylic oxidation sites excluding steroid dienone is 1. The SMILES string of the molecule is C=CCc1ccccc1C1NCCNC1=O. The van der Waals surface area contributed by atoms with Gasteiger partial charge < -0.3 is 10.6 Å². The molecule has 1 aromatic carbocycles. The van der Waals surface area contributed by atoms with Gasteiger partial charge in [-0.15, -0.1) is 6.58 Å². The fourth-order valence-electron chi connectivity index (χ4n) is 2.01. The van der Waals surface area contributed by atoms with E-state index in [1.165, 1.54) is 0 Å². The van der Waals surface area contributed by atoms with E-state index in [2.05, 4.69) is 17.2 Å². The highest BCUT2D eigenvalue weighted by Gasteiger charge is 2.24. The van der Waals surface area contributed by atoms with Crippen molar-refractivity contribution in [3.63, 3.8) is 0 Å². The van der Waals surface area contributed by atoms with Crippen molar-refractivity contribution in [1.29, 1.82) is 0 Å². The van der Waals surface area contributed by atoms with Crippen LogP contribution in [0, 0.1) is 0 Å². The molecule has 1 aromatic rings. The van der Waals surface area contributed by atoms with Gasteiger partial charge in [0.15, 0.2) is 0 Å². The molecule has 2 rings (SSSR count). The first-order valence-electron chi connectivity index (χ1n) is 5.52. The Bertz CT molecular complexity index is 401. The molecule has 1 atom stereocenters. The molecule has 0 bridgehead atoms. The van der Waals surface area contributed by atoms with E-state index in [0.717, 1.165) is 24.1 Å². The zero-order chi connectivity index (χ0) is 11.4. The maximum atomic E-state index is 11.8. The van der Waals surface area contributed by atoms with Crippen molar-refractivity contribution in [2.75, 3.05) is 13.1 Å². The first-order chi connectivity index (χ1) is 7.83. The zero-order valence-corrected chi connectivity index (χ0v) is 9.20. The van der Waals surface area contributed by atoms with Crippen LogP contribution in [0.25, 0.3) is 0 Å². The van der Waals surface area contributed by atoms with E-state index < -0.39 is 0 Å². The van der Waals surface area contributed by atoms with Gasteiger partial charge in [0, 0.05) is 13.1 Å². The van der Waals surface area contributed by atoms with Gasteiger partial charge in [0.2, 0.25) is 5.91 Å². The number of amides is 1. The summed E-state index contributed by atoms with van der Waals surface area (Å²) in [7, 11) is 0. The second-order valence-electron chi connectivity index (χ2n) is 3.87. The lowest BCUT2D eigenvalue weighted by Gasteiger charge is -2.25. The Balaban J connectivity index is 2.30. The normalized spacial score (nSPS) is 20.2. The number of piperazine rings is 1. The molecule has 1 unspecified atom stereocenters. The predicted molar refractivity (Wildman–Crippen MR) is 64.1 cm³/mol. The van der Waals surface area contributed by atoms with Crippen LogP contribution in [0.15, 0.2) is 36.9 Å². The summed E-state index contributed by atoms with van der Waals surface area (Å²) < 4.78 is 0. The molecule has 84 valence electrons. The zero-order valence-electron chi connectivity index (χ0n) is 9.20. The summed E-state index contributed by atoms with van der Waals surface area (Å²) in [5.74, 6) is 0.0581. The summed E-state index contributed by atoms with van der Waals surface area (Å²) in [6.45, 7) is 5.27. The predicted octanol–water partition coefficient (Wildman–Crippen LogP) is 1.18. The highest BCUT2D eigenvalue weighted by molar-refractivity contribution is 5.84. The topological polar surface area (TPSA) is 41.1 Å². The minimum Gasteiger partial charge on any atom is -0.353 e. The van der Waals surface area contributed by atoms with Gasteiger partial charge in [0.05, 0.1) is 0 Å². The Morgan fingerprint density at radius 1 is 1.38 bits per heavy atom. The van der Waals surface area contributed by atoms with Crippen LogP contribution < -0.4 is 10.6 Å². The Kier molecular flexibility index (Phi) is 3.37. The molecule has 1 aliphatic heterocycles. The van der Waals surface area contributed by atoms with Gasteiger partial charge in [-0.25, -0.2) is 0 Å². The second-order valence-corrected chi connectivity index (χ2v) is 3.87. The summed E-state index contributed by atoms with van der Waals surface area (Å²) >= 11 is 0. The van der Waals surface area contributed by atoms with Gasteiger partial charge in [0.25, 0.3) is 0 Å². The highest BCUT2D eigenvalue weighted by atomic mass is 16.2. The van der Waals surface area contributed by atoms with Gasteiger partial charge >= 0.3 is 0 Å². The van der Waals surface area contributed by atoms with E-state index in [1.807, 2.05) is 30.3 Å². The van der Waals surface area contributed by atoms with Crippen LogP contribution >= 0.6 is 0 Å². The monoisotopic (exact) mass is 216 g/mol. The van der Waals surface area contributed by atoms with E-state index in [4.69, 9.17) is 0 Å². The Hall–Kier alpha value is -1.61. The molecule has 16 heavy (non-hydrogen) atoms. The van der Waals surface area contributed by atoms with Crippen molar-refractivity contribution in [2.24, 2.45) is 0 Å². The van der Waals surface area contributed by atoms with Crippen LogP contribution in [-0.4, -0.2) is 19.0 Å². The molecule has 0 radical (unpaired) electrons. The van der Waals surface area contributed by atoms with Crippen LogP contribution in [0.1, 0.15) is 17.2 Å². The largest absolute Gasteiger partial charge is 0.353 e. The molecule has 1 heterocycles. The van der Waals surface area contributed by atoms with Gasteiger partial charge in [-0.05, 0) is 17.5 Å². The molecule has 1 fully saturated rings. The Morgan fingerprint density at radius 2 is 2.19 bits per heavy atom. The molecule has 3 heteroatoms. The van der Waals surface area contributed by atoms with E-state index in [9.17, 15) is 4.79 Å². The van der Waals surface area contributed by atoms with Crippen LogP contribution in [0.3, 0.4) is 0 Å². The maximum Gasteiger partial charge on any atom is 0.241 e. The number of hydrogen-bond donors (Lipinski definition) is 2. The van der Waals surface area contributed by atoms with Gasteiger partial charge in [-0.2, -0.15) is 0 Å². The van der Waals surface area contributed by atoms with Crippen LogP contribution in [0.4, 0.5) is 0 Å². The van der Waals surface area contributed by atoms with Crippen LogP contribution in [-0.2, 0) is 11.2 Å². The van der Waals surface area contributed by atoms with Gasteiger partial charge in [-0.3, -0.25) is 4.79 Å². The second kappa shape index (κ2) is 4.94. The third-order valence-corrected chi connectivity index (χ3v) is 2.77. The first kappa shape index (κ1) is 10.9. The molecular formula is C13H16N2O. The first-order valence-corrected chi connectivity index (χ1v) is 5.52. The lowest BCUT2D eigenvalue weighted by molar-refractivity contribution is -0.124. The highest BCUT2D eigenvalue weighted by Crippen LogP contribution is 2.20. The number of rotatable bonds is 3. The van der Waals surface area contributed by atoms with Crippen molar-refractivity contribution in [2.45, 2.75) is 12.5 Å². The summed E-state index contributed by atoms with van der Waals surface area (Å²) in [6.07, 6.45) is 2.65. The number of benzene rings is 1. The van der Waals surface area contributed by atoms with Crippen molar-refractivity contribution >= 4 is 5.91 Å². The fourth-order valence-corrected chi connectivity index (χ4v) is 2.01.